The zero-order chi connectivity index (χ0) is 39.3. The first-order valence-electron chi connectivity index (χ1n) is 17.5. The predicted octanol–water partition coefficient (Wildman–Crippen LogP) is 3.84. The Hall–Kier alpha value is -4.70. The zero-order valence-electron chi connectivity index (χ0n) is 31.6. The number of sulfonamides is 1. The molecule has 4 amide bonds. The molecule has 0 spiro atoms. The Kier molecular flexibility index (Phi) is 12.8. The van der Waals surface area contributed by atoms with Gasteiger partial charge in [0.2, 0.25) is 21.8 Å². The van der Waals surface area contributed by atoms with Gasteiger partial charge in [-0.25, -0.2) is 22.8 Å². The number of esters is 1. The molecule has 16 heteroatoms. The first-order valence-corrected chi connectivity index (χ1v) is 19.0. The Labute approximate surface area is 311 Å². The molecule has 0 radical (unpaired) electrons. The highest BCUT2D eigenvalue weighted by Gasteiger charge is 2.42. The van der Waals surface area contributed by atoms with Gasteiger partial charge in [0.15, 0.2) is 0 Å². The number of benzene rings is 2. The SMILES string of the molecule is COC(=O)[C@H](Cc1ccc(NC(=O)C2CN(C(=O)OC(C)(C)C)CCN2C(=O)OC(C)(C)C)cc1)NC(=O)[C@@H]1CCCN1S(=O)(=O)c1ccc(C)cc1. The van der Waals surface area contributed by atoms with Crippen molar-refractivity contribution in [2.75, 3.05) is 38.6 Å². The molecule has 2 fully saturated rings. The lowest BCUT2D eigenvalue weighted by atomic mass is 10.0. The Morgan fingerprint density at radius 1 is 0.811 bits per heavy atom. The minimum atomic E-state index is -3.96. The number of carbonyl (C=O) groups excluding carboxylic acids is 5. The van der Waals surface area contributed by atoms with Crippen molar-refractivity contribution in [2.24, 2.45) is 0 Å². The summed E-state index contributed by atoms with van der Waals surface area (Å²) in [6.07, 6.45) is -0.509. The number of piperazine rings is 1. The number of nitrogens with one attached hydrogen (secondary N) is 2. The minimum absolute atomic E-state index is 0.0178. The molecule has 3 atom stereocenters. The van der Waals surface area contributed by atoms with Gasteiger partial charge in [-0.3, -0.25) is 14.5 Å². The summed E-state index contributed by atoms with van der Waals surface area (Å²) in [7, 11) is -2.76. The molecule has 0 saturated carbocycles. The van der Waals surface area contributed by atoms with E-state index in [0.29, 0.717) is 24.1 Å². The Balaban J connectivity index is 1.45. The van der Waals surface area contributed by atoms with E-state index in [0.717, 1.165) is 5.56 Å². The van der Waals surface area contributed by atoms with Gasteiger partial charge in [-0.15, -0.1) is 0 Å². The van der Waals surface area contributed by atoms with Crippen LogP contribution < -0.4 is 10.6 Å². The number of carbonyl (C=O) groups is 5. The third kappa shape index (κ3) is 10.9. The number of amides is 4. The van der Waals surface area contributed by atoms with Crippen LogP contribution in [0.4, 0.5) is 15.3 Å². The molecule has 15 nitrogen and oxygen atoms in total. The van der Waals surface area contributed by atoms with Crippen molar-refractivity contribution in [3.05, 3.63) is 59.7 Å². The Bertz CT molecular complexity index is 1770. The second-order valence-electron chi connectivity index (χ2n) is 15.2. The second kappa shape index (κ2) is 16.5. The number of nitrogens with zero attached hydrogens (tertiary/aromatic N) is 3. The van der Waals surface area contributed by atoms with Crippen molar-refractivity contribution < 1.29 is 46.6 Å². The maximum atomic E-state index is 13.6. The molecule has 0 aromatic heterocycles. The smallest absolute Gasteiger partial charge is 0.411 e. The average molecular weight is 758 g/mol. The van der Waals surface area contributed by atoms with E-state index in [4.69, 9.17) is 14.2 Å². The summed E-state index contributed by atoms with van der Waals surface area (Å²) in [4.78, 5) is 68.6. The summed E-state index contributed by atoms with van der Waals surface area (Å²) < 4.78 is 44.0. The summed E-state index contributed by atoms with van der Waals surface area (Å²) in [5.74, 6) is -1.88. The number of hydrogen-bond acceptors (Lipinski definition) is 10. The van der Waals surface area contributed by atoms with Crippen LogP contribution in [0.3, 0.4) is 0 Å². The molecule has 2 aromatic carbocycles. The summed E-state index contributed by atoms with van der Waals surface area (Å²) in [6.45, 7) is 12.4. The van der Waals surface area contributed by atoms with E-state index in [9.17, 15) is 32.4 Å². The summed E-state index contributed by atoms with van der Waals surface area (Å²) in [6, 6.07) is 9.69. The molecule has 2 aliphatic rings. The van der Waals surface area contributed by atoms with Gasteiger partial charge in [0.25, 0.3) is 0 Å². The van der Waals surface area contributed by atoms with E-state index < -0.39 is 69.3 Å². The zero-order valence-corrected chi connectivity index (χ0v) is 32.4. The third-order valence-corrected chi connectivity index (χ3v) is 10.5. The van der Waals surface area contributed by atoms with E-state index in [2.05, 4.69) is 10.6 Å². The van der Waals surface area contributed by atoms with Crippen LogP contribution in [-0.2, 0) is 45.0 Å². The van der Waals surface area contributed by atoms with Crippen LogP contribution in [-0.4, -0.2) is 115 Å². The molecule has 2 aliphatic heterocycles. The second-order valence-corrected chi connectivity index (χ2v) is 17.1. The van der Waals surface area contributed by atoms with Gasteiger partial charge in [-0.1, -0.05) is 29.8 Å². The van der Waals surface area contributed by atoms with E-state index in [1.54, 1.807) is 77.9 Å². The van der Waals surface area contributed by atoms with Crippen LogP contribution in [0, 0.1) is 6.92 Å². The van der Waals surface area contributed by atoms with Gasteiger partial charge in [0.1, 0.15) is 29.3 Å². The molecule has 4 rings (SSSR count). The fraction of sp³-hybridized carbons (Fsp3) is 0.541. The number of methoxy groups -OCH3 is 1. The molecule has 53 heavy (non-hydrogen) atoms. The van der Waals surface area contributed by atoms with Crippen LogP contribution in [0.5, 0.6) is 0 Å². The van der Waals surface area contributed by atoms with Crippen LogP contribution >= 0.6 is 0 Å². The number of rotatable bonds is 9. The highest BCUT2D eigenvalue weighted by molar-refractivity contribution is 7.89. The average Bonchev–Trinajstić information content (AvgIpc) is 3.58. The highest BCUT2D eigenvalue weighted by Crippen LogP contribution is 2.27. The van der Waals surface area contributed by atoms with Crippen molar-refractivity contribution in [3.8, 4) is 0 Å². The van der Waals surface area contributed by atoms with Gasteiger partial charge >= 0.3 is 18.2 Å². The number of anilines is 1. The molecule has 2 saturated heterocycles. The molecule has 2 N–H and O–H groups in total. The maximum absolute atomic E-state index is 13.6. The van der Waals surface area contributed by atoms with Crippen molar-refractivity contribution in [1.29, 1.82) is 0 Å². The topological polar surface area (TPSA) is 181 Å². The van der Waals surface area contributed by atoms with Gasteiger partial charge in [0.05, 0.1) is 18.6 Å². The molecular weight excluding hydrogens is 706 g/mol. The van der Waals surface area contributed by atoms with Gasteiger partial charge in [0, 0.05) is 31.7 Å². The first kappa shape index (κ1) is 41.1. The standard InChI is InChI=1S/C37H51N5O10S/c1-24-11-17-27(18-12-24)53(48,49)42-19-9-10-29(42)31(43)39-28(33(45)50-8)22-25-13-15-26(16-14-25)38-32(44)30-23-40(34(46)51-36(2,3)4)20-21-41(30)35(47)52-37(5,6)7/h11-18,28-30H,9-10,19-23H2,1-8H3,(H,38,44)(H,39,43)/t28-,29-,30?/m0/s1. The number of aryl methyl sites for hydroxylation is 1. The fourth-order valence-corrected chi connectivity index (χ4v) is 7.62. The Morgan fingerprint density at radius 2 is 1.42 bits per heavy atom. The van der Waals surface area contributed by atoms with E-state index in [1.165, 1.54) is 33.3 Å². The lowest BCUT2D eigenvalue weighted by molar-refractivity contribution is -0.145. The molecule has 1 unspecified atom stereocenters. The van der Waals surface area contributed by atoms with Crippen molar-refractivity contribution in [1.82, 2.24) is 19.4 Å². The largest absolute Gasteiger partial charge is 0.467 e. The fourth-order valence-electron chi connectivity index (χ4n) is 5.96. The molecule has 0 aliphatic carbocycles. The predicted molar refractivity (Wildman–Crippen MR) is 195 cm³/mol. The number of hydrogen-bond donors (Lipinski definition) is 2. The van der Waals surface area contributed by atoms with Crippen LogP contribution in [0.25, 0.3) is 0 Å². The van der Waals surface area contributed by atoms with Crippen LogP contribution in [0.1, 0.15) is 65.5 Å². The lowest BCUT2D eigenvalue weighted by Gasteiger charge is -2.41. The molecule has 290 valence electrons. The summed E-state index contributed by atoms with van der Waals surface area (Å²) in [5, 5.41) is 5.48. The van der Waals surface area contributed by atoms with Crippen molar-refractivity contribution >= 4 is 45.7 Å². The normalized spacial score (nSPS) is 18.9. The number of ether oxygens (including phenoxy) is 3. The molecule has 0 bridgehead atoms. The van der Waals surface area contributed by atoms with E-state index in [1.807, 2.05) is 6.92 Å². The molecular formula is C37H51N5O10S. The first-order chi connectivity index (χ1) is 24.7. The van der Waals surface area contributed by atoms with E-state index in [-0.39, 0.29) is 37.5 Å². The lowest BCUT2D eigenvalue weighted by Crippen LogP contribution is -2.61. The van der Waals surface area contributed by atoms with E-state index >= 15 is 0 Å². The summed E-state index contributed by atoms with van der Waals surface area (Å²) >= 11 is 0. The van der Waals surface area contributed by atoms with Gasteiger partial charge < -0.3 is 29.7 Å². The van der Waals surface area contributed by atoms with Crippen molar-refractivity contribution in [3.63, 3.8) is 0 Å². The Morgan fingerprint density at radius 3 is 2.00 bits per heavy atom. The van der Waals surface area contributed by atoms with Gasteiger partial charge in [-0.2, -0.15) is 4.31 Å². The quantitative estimate of drug-likeness (QED) is 0.282. The third-order valence-electron chi connectivity index (χ3n) is 8.56. The van der Waals surface area contributed by atoms with Crippen LogP contribution in [0.15, 0.2) is 53.4 Å². The highest BCUT2D eigenvalue weighted by atomic mass is 32.2. The molecule has 2 heterocycles. The summed E-state index contributed by atoms with van der Waals surface area (Å²) in [5.41, 5.74) is 0.315. The monoisotopic (exact) mass is 757 g/mol. The minimum Gasteiger partial charge on any atom is -0.467 e. The van der Waals surface area contributed by atoms with Gasteiger partial charge in [-0.05, 0) is 91.1 Å². The van der Waals surface area contributed by atoms with Crippen LogP contribution in [0.2, 0.25) is 0 Å². The molecule has 2 aromatic rings. The maximum Gasteiger partial charge on any atom is 0.411 e. The van der Waals surface area contributed by atoms with Crippen molar-refractivity contribution in [2.45, 2.75) is 102 Å².